The highest BCUT2D eigenvalue weighted by molar-refractivity contribution is 5.75. The first kappa shape index (κ1) is 19.6. The summed E-state index contributed by atoms with van der Waals surface area (Å²) in [6.07, 6.45) is 4.43. The van der Waals surface area contributed by atoms with Gasteiger partial charge in [0, 0.05) is 17.5 Å². The van der Waals surface area contributed by atoms with Gasteiger partial charge in [-0.25, -0.2) is 9.78 Å². The molecule has 0 aliphatic carbocycles. The van der Waals surface area contributed by atoms with E-state index in [1.807, 2.05) is 0 Å². The number of Topliss-reactive ketones (excluding diaryl/α,β-unsaturated/α-hetero) is 1. The Kier molecular flexibility index (Phi) is 7.46. The Morgan fingerprint density at radius 2 is 1.64 bits per heavy atom. The molecule has 1 fully saturated rings. The van der Waals surface area contributed by atoms with Crippen molar-refractivity contribution >= 4 is 5.78 Å². The van der Waals surface area contributed by atoms with E-state index in [1.165, 1.54) is 0 Å². The van der Waals surface area contributed by atoms with E-state index in [-0.39, 0.29) is 16.9 Å². The highest BCUT2D eigenvalue weighted by Crippen LogP contribution is 2.42. The van der Waals surface area contributed by atoms with Crippen molar-refractivity contribution in [3.8, 4) is 0 Å². The second kappa shape index (κ2) is 8.39. The van der Waals surface area contributed by atoms with Crippen LogP contribution < -0.4 is 0 Å². The summed E-state index contributed by atoms with van der Waals surface area (Å²) in [7, 11) is 1.75. The predicted octanol–water partition coefficient (Wildman–Crippen LogP) is 3.52. The van der Waals surface area contributed by atoms with E-state index in [1.54, 1.807) is 14.0 Å². The maximum Gasteiger partial charge on any atom is 0.129 e. The van der Waals surface area contributed by atoms with Crippen molar-refractivity contribution in [3.63, 3.8) is 0 Å². The minimum atomic E-state index is 0.0174. The molecular formula is C17H33NO4. The Morgan fingerprint density at radius 1 is 1.09 bits per heavy atom. The molecule has 1 aliphatic heterocycles. The van der Waals surface area contributed by atoms with Crippen molar-refractivity contribution in [2.45, 2.75) is 77.8 Å². The van der Waals surface area contributed by atoms with E-state index < -0.39 is 0 Å². The summed E-state index contributed by atoms with van der Waals surface area (Å²) in [5.41, 5.74) is 0.0347. The molecule has 0 N–H and O–H groups in total. The molecule has 5 heteroatoms. The Bertz CT molecular complexity index is 337. The van der Waals surface area contributed by atoms with Crippen LogP contribution in [0.2, 0.25) is 0 Å². The molecule has 1 aliphatic rings. The quantitative estimate of drug-likeness (QED) is 0.370. The molecule has 0 spiro atoms. The Morgan fingerprint density at radius 3 is 2.14 bits per heavy atom. The fourth-order valence-electron chi connectivity index (χ4n) is 3.88. The molecule has 0 bridgehead atoms. The van der Waals surface area contributed by atoms with Crippen LogP contribution in [0.15, 0.2) is 0 Å². The van der Waals surface area contributed by atoms with E-state index in [0.717, 1.165) is 25.7 Å². The first-order chi connectivity index (χ1) is 10.2. The monoisotopic (exact) mass is 315 g/mol. The summed E-state index contributed by atoms with van der Waals surface area (Å²) >= 11 is 0. The van der Waals surface area contributed by atoms with Crippen molar-refractivity contribution in [2.24, 2.45) is 5.92 Å². The average Bonchev–Trinajstić information content (AvgIpc) is 2.34. The molecule has 5 nitrogen and oxygen atoms in total. The molecular weight excluding hydrogens is 282 g/mol. The summed E-state index contributed by atoms with van der Waals surface area (Å²) in [5, 5.41) is 2.12. The van der Waals surface area contributed by atoms with Gasteiger partial charge in [-0.05, 0) is 66.2 Å². The Balaban J connectivity index is 2.28. The lowest BCUT2D eigenvalue weighted by Crippen LogP contribution is -2.59. The molecule has 130 valence electrons. The normalized spacial score (nSPS) is 21.9. The zero-order chi connectivity index (χ0) is 16.8. The molecule has 22 heavy (non-hydrogen) atoms. The number of carbonyl (C=O) groups excluding carboxylic acids is 1. The Hall–Kier alpha value is -0.490. The summed E-state index contributed by atoms with van der Waals surface area (Å²) in [5.74, 6) is 0.787. The Labute approximate surface area is 135 Å². The molecule has 0 unspecified atom stereocenters. The molecule has 0 atom stereocenters. The van der Waals surface area contributed by atoms with E-state index in [0.29, 0.717) is 25.6 Å². The minimum absolute atomic E-state index is 0.0174. The van der Waals surface area contributed by atoms with Crippen LogP contribution >= 0.6 is 0 Å². The smallest absolute Gasteiger partial charge is 0.129 e. The van der Waals surface area contributed by atoms with Crippen molar-refractivity contribution in [3.05, 3.63) is 0 Å². The van der Waals surface area contributed by atoms with Gasteiger partial charge < -0.3 is 9.63 Å². The van der Waals surface area contributed by atoms with Crippen molar-refractivity contribution in [2.75, 3.05) is 20.3 Å². The van der Waals surface area contributed by atoms with E-state index >= 15 is 0 Å². The van der Waals surface area contributed by atoms with Gasteiger partial charge in [-0.3, -0.25) is 0 Å². The van der Waals surface area contributed by atoms with Crippen molar-refractivity contribution < 1.29 is 19.4 Å². The second-order valence-electron chi connectivity index (χ2n) is 7.61. The van der Waals surface area contributed by atoms with Gasteiger partial charge in [-0.2, -0.15) is 5.06 Å². The van der Waals surface area contributed by atoms with Crippen molar-refractivity contribution in [1.29, 1.82) is 0 Å². The third-order valence-electron chi connectivity index (χ3n) is 4.31. The lowest BCUT2D eigenvalue weighted by molar-refractivity contribution is -0.301. The average molecular weight is 315 g/mol. The first-order valence-corrected chi connectivity index (χ1v) is 8.27. The van der Waals surface area contributed by atoms with Crippen LogP contribution in [-0.2, 0) is 19.4 Å². The predicted molar refractivity (Wildman–Crippen MR) is 86.2 cm³/mol. The van der Waals surface area contributed by atoms with Gasteiger partial charge in [0.05, 0.1) is 20.3 Å². The fourth-order valence-corrected chi connectivity index (χ4v) is 3.88. The number of piperidine rings is 1. The van der Waals surface area contributed by atoms with Crippen LogP contribution in [0.3, 0.4) is 0 Å². The van der Waals surface area contributed by atoms with Gasteiger partial charge in [0.25, 0.3) is 0 Å². The lowest BCUT2D eigenvalue weighted by Gasteiger charge is -2.53. The zero-order valence-electron chi connectivity index (χ0n) is 15.1. The van der Waals surface area contributed by atoms with Gasteiger partial charge >= 0.3 is 0 Å². The van der Waals surface area contributed by atoms with Gasteiger partial charge in [-0.1, -0.05) is 0 Å². The number of hydroxylamine groups is 2. The summed E-state index contributed by atoms with van der Waals surface area (Å²) in [6, 6.07) is 0. The van der Waals surface area contributed by atoms with Crippen LogP contribution in [-0.4, -0.2) is 42.2 Å². The SMILES string of the molecule is CON1C(C)(C)CC(CCOOCCCC(C)=O)CC1(C)C. The van der Waals surface area contributed by atoms with Crippen LogP contribution in [0.5, 0.6) is 0 Å². The minimum Gasteiger partial charge on any atom is -0.301 e. The molecule has 0 aromatic rings. The number of hydrogen-bond acceptors (Lipinski definition) is 5. The van der Waals surface area contributed by atoms with Crippen molar-refractivity contribution in [1.82, 2.24) is 5.06 Å². The lowest BCUT2D eigenvalue weighted by atomic mass is 9.74. The second-order valence-corrected chi connectivity index (χ2v) is 7.61. The highest BCUT2D eigenvalue weighted by atomic mass is 17.2. The van der Waals surface area contributed by atoms with Gasteiger partial charge in [0.15, 0.2) is 0 Å². The summed E-state index contributed by atoms with van der Waals surface area (Å²) in [6.45, 7) is 11.6. The molecule has 0 aromatic carbocycles. The van der Waals surface area contributed by atoms with Crippen LogP contribution in [0, 0.1) is 5.92 Å². The number of hydrogen-bond donors (Lipinski definition) is 0. The molecule has 0 amide bonds. The first-order valence-electron chi connectivity index (χ1n) is 8.27. The number of rotatable bonds is 9. The maximum absolute atomic E-state index is 10.8. The van der Waals surface area contributed by atoms with E-state index in [4.69, 9.17) is 14.6 Å². The molecule has 1 saturated heterocycles. The fraction of sp³-hybridized carbons (Fsp3) is 0.941. The van der Waals surface area contributed by atoms with E-state index in [2.05, 4.69) is 32.8 Å². The molecule has 1 rings (SSSR count). The third kappa shape index (κ3) is 5.95. The molecule has 0 radical (unpaired) electrons. The maximum atomic E-state index is 10.8. The zero-order valence-corrected chi connectivity index (χ0v) is 15.1. The summed E-state index contributed by atoms with van der Waals surface area (Å²) < 4.78 is 0. The van der Waals surface area contributed by atoms with Gasteiger partial charge in [-0.15, -0.1) is 0 Å². The molecule has 0 saturated carbocycles. The van der Waals surface area contributed by atoms with Gasteiger partial charge in [0.1, 0.15) is 5.78 Å². The highest BCUT2D eigenvalue weighted by Gasteiger charge is 2.45. The van der Waals surface area contributed by atoms with Crippen LogP contribution in [0.4, 0.5) is 0 Å². The largest absolute Gasteiger partial charge is 0.301 e. The standard InChI is InChI=1S/C17H33NO4/c1-14(19)8-7-10-21-22-11-9-15-12-16(2,3)18(20-6)17(4,5)13-15/h15H,7-13H2,1-6H3. The van der Waals surface area contributed by atoms with E-state index in [9.17, 15) is 4.79 Å². The number of ketones is 1. The number of carbonyl (C=O) groups is 1. The van der Waals surface area contributed by atoms with Crippen LogP contribution in [0.1, 0.15) is 66.7 Å². The van der Waals surface area contributed by atoms with Crippen LogP contribution in [0.25, 0.3) is 0 Å². The molecule has 1 heterocycles. The third-order valence-corrected chi connectivity index (χ3v) is 4.31. The number of nitrogens with zero attached hydrogens (tertiary/aromatic N) is 1. The van der Waals surface area contributed by atoms with Gasteiger partial charge in [0.2, 0.25) is 0 Å². The summed E-state index contributed by atoms with van der Waals surface area (Å²) in [4.78, 5) is 26.8. The topological polar surface area (TPSA) is 48.0 Å². The molecule has 0 aromatic heterocycles.